The predicted octanol–water partition coefficient (Wildman–Crippen LogP) is 1.72. The Hall–Kier alpha value is -1.91. The maximum Gasteiger partial charge on any atom is 0.311 e. The molecule has 5 nitrogen and oxygen atoms in total. The van der Waals surface area contributed by atoms with E-state index >= 15 is 0 Å². The number of amides is 1. The Bertz CT molecular complexity index is 515. The number of pyridine rings is 1. The fourth-order valence-electron chi connectivity index (χ4n) is 2.44. The smallest absolute Gasteiger partial charge is 0.311 e. The lowest BCUT2D eigenvalue weighted by Crippen LogP contribution is -2.48. The summed E-state index contributed by atoms with van der Waals surface area (Å²) in [7, 11) is 0. The molecule has 5 heteroatoms. The highest BCUT2D eigenvalue weighted by atomic mass is 16.4. The Labute approximate surface area is 112 Å². The van der Waals surface area contributed by atoms with E-state index in [9.17, 15) is 14.7 Å². The zero-order chi connectivity index (χ0) is 14.0. The van der Waals surface area contributed by atoms with E-state index in [1.807, 2.05) is 6.92 Å². The first-order valence-electron chi connectivity index (χ1n) is 6.37. The average Bonchev–Trinajstić information content (AvgIpc) is 2.38. The van der Waals surface area contributed by atoms with Gasteiger partial charge in [0.2, 0.25) is 0 Å². The summed E-state index contributed by atoms with van der Waals surface area (Å²) in [4.78, 5) is 29.3. The molecule has 0 radical (unpaired) electrons. The fraction of sp³-hybridized carbons (Fsp3) is 0.500. The van der Waals surface area contributed by atoms with Crippen LogP contribution >= 0.6 is 0 Å². The van der Waals surface area contributed by atoms with Crippen molar-refractivity contribution >= 4 is 11.9 Å². The van der Waals surface area contributed by atoms with Gasteiger partial charge in [0.15, 0.2) is 0 Å². The van der Waals surface area contributed by atoms with E-state index in [2.05, 4.69) is 4.98 Å². The van der Waals surface area contributed by atoms with Crippen LogP contribution in [0.25, 0.3) is 0 Å². The summed E-state index contributed by atoms with van der Waals surface area (Å²) >= 11 is 0. The number of carbonyl (C=O) groups excluding carboxylic acids is 1. The normalized spacial score (nSPS) is 23.2. The molecule has 0 saturated carbocycles. The standard InChI is InChI=1S/C14H18N2O3/c1-10-6-11(8-15-7-10)12(17)16-5-3-4-14(2,9-16)13(18)19/h6-8H,3-5,9H2,1-2H3,(H,18,19). The van der Waals surface area contributed by atoms with Crippen molar-refractivity contribution in [2.45, 2.75) is 26.7 Å². The Kier molecular flexibility index (Phi) is 3.55. The van der Waals surface area contributed by atoms with Crippen molar-refractivity contribution in [3.05, 3.63) is 29.6 Å². The van der Waals surface area contributed by atoms with E-state index in [1.54, 1.807) is 24.1 Å². The van der Waals surface area contributed by atoms with Gasteiger partial charge in [-0.3, -0.25) is 14.6 Å². The first-order chi connectivity index (χ1) is 8.92. The minimum Gasteiger partial charge on any atom is -0.481 e. The van der Waals surface area contributed by atoms with Crippen LogP contribution in [-0.4, -0.2) is 40.0 Å². The number of aliphatic carboxylic acids is 1. The minimum absolute atomic E-state index is 0.136. The maximum absolute atomic E-state index is 12.4. The highest BCUT2D eigenvalue weighted by Gasteiger charge is 2.39. The second kappa shape index (κ2) is 4.99. The third-order valence-corrected chi connectivity index (χ3v) is 3.62. The third-order valence-electron chi connectivity index (χ3n) is 3.62. The van der Waals surface area contributed by atoms with E-state index < -0.39 is 11.4 Å². The molecule has 0 aromatic carbocycles. The van der Waals surface area contributed by atoms with Gasteiger partial charge in [0.25, 0.3) is 5.91 Å². The SMILES string of the molecule is Cc1cncc(C(=O)N2CCCC(C)(C(=O)O)C2)c1. The number of carbonyl (C=O) groups is 2. The van der Waals surface area contributed by atoms with E-state index in [0.717, 1.165) is 5.56 Å². The van der Waals surface area contributed by atoms with Gasteiger partial charge in [-0.1, -0.05) is 0 Å². The number of aromatic nitrogens is 1. The van der Waals surface area contributed by atoms with Crippen LogP contribution in [0.1, 0.15) is 35.7 Å². The zero-order valence-electron chi connectivity index (χ0n) is 11.2. The number of hydrogen-bond donors (Lipinski definition) is 1. The van der Waals surface area contributed by atoms with Crippen LogP contribution in [0, 0.1) is 12.3 Å². The van der Waals surface area contributed by atoms with Gasteiger partial charge in [0.05, 0.1) is 11.0 Å². The third kappa shape index (κ3) is 2.75. The van der Waals surface area contributed by atoms with E-state index in [4.69, 9.17) is 0 Å². The summed E-state index contributed by atoms with van der Waals surface area (Å²) in [6.45, 7) is 4.44. The van der Waals surface area contributed by atoms with Crippen LogP contribution in [0.5, 0.6) is 0 Å². The van der Waals surface area contributed by atoms with E-state index in [-0.39, 0.29) is 12.5 Å². The number of nitrogens with zero attached hydrogens (tertiary/aromatic N) is 2. The van der Waals surface area contributed by atoms with Crippen molar-refractivity contribution in [1.29, 1.82) is 0 Å². The number of carboxylic acid groups (broad SMARTS) is 1. The maximum atomic E-state index is 12.4. The molecule has 1 saturated heterocycles. The lowest BCUT2D eigenvalue weighted by molar-refractivity contribution is -0.150. The average molecular weight is 262 g/mol. The van der Waals surface area contributed by atoms with Gasteiger partial charge < -0.3 is 10.0 Å². The number of piperidine rings is 1. The van der Waals surface area contributed by atoms with Gasteiger partial charge in [-0.25, -0.2) is 0 Å². The Balaban J connectivity index is 2.18. The second-order valence-electron chi connectivity index (χ2n) is 5.45. The molecule has 2 heterocycles. The van der Waals surface area contributed by atoms with Crippen molar-refractivity contribution in [1.82, 2.24) is 9.88 Å². The fourth-order valence-corrected chi connectivity index (χ4v) is 2.44. The van der Waals surface area contributed by atoms with Gasteiger partial charge in [-0.2, -0.15) is 0 Å². The molecule has 1 amide bonds. The van der Waals surface area contributed by atoms with Gasteiger partial charge in [-0.05, 0) is 38.3 Å². The van der Waals surface area contributed by atoms with Crippen LogP contribution in [-0.2, 0) is 4.79 Å². The van der Waals surface area contributed by atoms with Crippen LogP contribution in [0.3, 0.4) is 0 Å². The lowest BCUT2D eigenvalue weighted by atomic mass is 9.82. The quantitative estimate of drug-likeness (QED) is 0.881. The molecular weight excluding hydrogens is 244 g/mol. The van der Waals surface area contributed by atoms with Crippen molar-refractivity contribution in [3.63, 3.8) is 0 Å². The number of hydrogen-bond acceptors (Lipinski definition) is 3. The molecule has 102 valence electrons. The number of carboxylic acids is 1. The monoisotopic (exact) mass is 262 g/mol. The molecule has 1 aromatic heterocycles. The summed E-state index contributed by atoms with van der Waals surface area (Å²) in [5.74, 6) is -0.976. The van der Waals surface area contributed by atoms with Gasteiger partial charge >= 0.3 is 5.97 Å². The molecule has 1 aromatic rings. The molecule has 0 spiro atoms. The van der Waals surface area contributed by atoms with Crippen molar-refractivity contribution < 1.29 is 14.7 Å². The molecule has 0 aliphatic carbocycles. The number of aryl methyl sites for hydroxylation is 1. The second-order valence-corrected chi connectivity index (χ2v) is 5.45. The summed E-state index contributed by atoms with van der Waals surface area (Å²) in [6.07, 6.45) is 4.54. The van der Waals surface area contributed by atoms with Gasteiger partial charge in [-0.15, -0.1) is 0 Å². The lowest BCUT2D eigenvalue weighted by Gasteiger charge is -2.37. The molecular formula is C14H18N2O3. The predicted molar refractivity (Wildman–Crippen MR) is 69.9 cm³/mol. The molecule has 2 rings (SSSR count). The van der Waals surface area contributed by atoms with Gasteiger partial charge in [0.1, 0.15) is 0 Å². The first-order valence-corrected chi connectivity index (χ1v) is 6.37. The summed E-state index contributed by atoms with van der Waals surface area (Å²) < 4.78 is 0. The molecule has 1 N–H and O–H groups in total. The molecule has 1 aliphatic heterocycles. The minimum atomic E-state index is -0.842. The molecule has 1 aliphatic rings. The number of rotatable bonds is 2. The highest BCUT2D eigenvalue weighted by Crippen LogP contribution is 2.30. The molecule has 1 fully saturated rings. The van der Waals surface area contributed by atoms with Crippen molar-refractivity contribution in [2.75, 3.05) is 13.1 Å². The Morgan fingerprint density at radius 3 is 2.79 bits per heavy atom. The van der Waals surface area contributed by atoms with Crippen LogP contribution < -0.4 is 0 Å². The molecule has 19 heavy (non-hydrogen) atoms. The first kappa shape index (κ1) is 13.5. The largest absolute Gasteiger partial charge is 0.481 e. The highest BCUT2D eigenvalue weighted by molar-refractivity contribution is 5.94. The van der Waals surface area contributed by atoms with Crippen LogP contribution in [0.15, 0.2) is 18.5 Å². The van der Waals surface area contributed by atoms with E-state index in [0.29, 0.717) is 24.9 Å². The molecule has 1 unspecified atom stereocenters. The summed E-state index contributed by atoms with van der Waals surface area (Å²) in [6, 6.07) is 1.78. The summed E-state index contributed by atoms with van der Waals surface area (Å²) in [5, 5.41) is 9.26. The van der Waals surface area contributed by atoms with Crippen LogP contribution in [0.4, 0.5) is 0 Å². The van der Waals surface area contributed by atoms with Crippen molar-refractivity contribution in [3.8, 4) is 0 Å². The number of likely N-dealkylation sites (tertiary alicyclic amines) is 1. The topological polar surface area (TPSA) is 70.5 Å². The zero-order valence-corrected chi connectivity index (χ0v) is 11.2. The Morgan fingerprint density at radius 2 is 2.16 bits per heavy atom. The van der Waals surface area contributed by atoms with Crippen molar-refractivity contribution in [2.24, 2.45) is 5.41 Å². The molecule has 0 bridgehead atoms. The molecule has 1 atom stereocenters. The Morgan fingerprint density at radius 1 is 1.42 bits per heavy atom. The van der Waals surface area contributed by atoms with E-state index in [1.165, 1.54) is 6.20 Å². The van der Waals surface area contributed by atoms with Crippen LogP contribution in [0.2, 0.25) is 0 Å². The summed E-state index contributed by atoms with van der Waals surface area (Å²) in [5.41, 5.74) is 0.601. The van der Waals surface area contributed by atoms with Gasteiger partial charge in [0, 0.05) is 25.5 Å².